The van der Waals surface area contributed by atoms with Crippen LogP contribution >= 0.6 is 0 Å². The molecule has 0 amide bonds. The number of anilines is 1. The lowest BCUT2D eigenvalue weighted by atomic mass is 9.79. The van der Waals surface area contributed by atoms with E-state index < -0.39 is 0 Å². The Hall–Kier alpha value is -1.80. The molecule has 2 heterocycles. The van der Waals surface area contributed by atoms with Gasteiger partial charge >= 0.3 is 0 Å². The summed E-state index contributed by atoms with van der Waals surface area (Å²) in [4.78, 5) is 2.77. The molecule has 1 unspecified atom stereocenters. The maximum absolute atomic E-state index is 3.65. The molecule has 1 N–H and O–H groups in total. The number of hydrogen-bond donors (Lipinski definition) is 1. The minimum absolute atomic E-state index is 0.327. The Labute approximate surface area is 139 Å². The SMILES string of the molecule is c1ccc(CN2CCCCC23CCNc2ccccc2C3)cc1. The smallest absolute Gasteiger partial charge is 0.0373 e. The molecular formula is C21H26N2. The molecule has 2 aromatic rings. The maximum atomic E-state index is 3.65. The zero-order valence-corrected chi connectivity index (χ0v) is 13.8. The normalized spacial score (nSPS) is 24.7. The van der Waals surface area contributed by atoms with Gasteiger partial charge in [-0.05, 0) is 49.4 Å². The van der Waals surface area contributed by atoms with Crippen molar-refractivity contribution in [2.75, 3.05) is 18.4 Å². The molecule has 2 heteroatoms. The highest BCUT2D eigenvalue weighted by Gasteiger charge is 2.39. The summed E-state index contributed by atoms with van der Waals surface area (Å²) in [5.41, 5.74) is 4.60. The van der Waals surface area contributed by atoms with E-state index in [1.54, 1.807) is 0 Å². The fourth-order valence-electron chi connectivity index (χ4n) is 4.41. The molecule has 1 spiro atoms. The predicted molar refractivity (Wildman–Crippen MR) is 96.7 cm³/mol. The molecule has 1 fully saturated rings. The number of nitrogens with zero attached hydrogens (tertiary/aromatic N) is 1. The maximum Gasteiger partial charge on any atom is 0.0373 e. The molecule has 23 heavy (non-hydrogen) atoms. The Morgan fingerprint density at radius 2 is 1.74 bits per heavy atom. The summed E-state index contributed by atoms with van der Waals surface area (Å²) in [7, 11) is 0. The standard InChI is InChI=1S/C21H26N2/c1-2-8-18(9-3-1)17-23-15-7-6-12-21(23)13-14-22-20-11-5-4-10-19(20)16-21/h1-5,8-11,22H,6-7,12-17H2. The first-order valence-corrected chi connectivity index (χ1v) is 8.97. The largest absolute Gasteiger partial charge is 0.385 e. The molecule has 1 atom stereocenters. The molecule has 0 bridgehead atoms. The molecule has 120 valence electrons. The van der Waals surface area contributed by atoms with E-state index in [9.17, 15) is 0 Å². The molecule has 2 nitrogen and oxygen atoms in total. The lowest BCUT2D eigenvalue weighted by Gasteiger charge is -2.47. The fourth-order valence-corrected chi connectivity index (χ4v) is 4.41. The molecule has 4 rings (SSSR count). The Morgan fingerprint density at radius 3 is 2.65 bits per heavy atom. The summed E-state index contributed by atoms with van der Waals surface area (Å²) in [6, 6.07) is 19.9. The van der Waals surface area contributed by atoms with Gasteiger partial charge in [0.25, 0.3) is 0 Å². The second-order valence-corrected chi connectivity index (χ2v) is 7.10. The van der Waals surface area contributed by atoms with Crippen LogP contribution in [0.15, 0.2) is 54.6 Å². The van der Waals surface area contributed by atoms with Gasteiger partial charge in [0.1, 0.15) is 0 Å². The number of hydrogen-bond acceptors (Lipinski definition) is 2. The summed E-state index contributed by atoms with van der Waals surface area (Å²) >= 11 is 0. The van der Waals surface area contributed by atoms with Gasteiger partial charge < -0.3 is 5.32 Å². The van der Waals surface area contributed by atoms with E-state index in [4.69, 9.17) is 0 Å². The Morgan fingerprint density at radius 1 is 0.913 bits per heavy atom. The second-order valence-electron chi connectivity index (χ2n) is 7.10. The molecular weight excluding hydrogens is 280 g/mol. The van der Waals surface area contributed by atoms with Crippen LogP contribution in [0.5, 0.6) is 0 Å². The van der Waals surface area contributed by atoms with Crippen molar-refractivity contribution in [2.45, 2.75) is 44.2 Å². The van der Waals surface area contributed by atoms with E-state index in [0.29, 0.717) is 5.54 Å². The topological polar surface area (TPSA) is 15.3 Å². The number of piperidine rings is 1. The average molecular weight is 306 g/mol. The van der Waals surface area contributed by atoms with Crippen LogP contribution < -0.4 is 5.32 Å². The van der Waals surface area contributed by atoms with Crippen molar-refractivity contribution in [3.05, 3.63) is 65.7 Å². The van der Waals surface area contributed by atoms with Gasteiger partial charge in [0.05, 0.1) is 0 Å². The van der Waals surface area contributed by atoms with Crippen LogP contribution in [0.3, 0.4) is 0 Å². The van der Waals surface area contributed by atoms with Crippen molar-refractivity contribution in [2.24, 2.45) is 0 Å². The van der Waals surface area contributed by atoms with Gasteiger partial charge in [-0.2, -0.15) is 0 Å². The van der Waals surface area contributed by atoms with Gasteiger partial charge in [0.15, 0.2) is 0 Å². The third kappa shape index (κ3) is 3.00. The van der Waals surface area contributed by atoms with E-state index in [1.165, 1.54) is 55.5 Å². The van der Waals surface area contributed by atoms with Crippen LogP contribution in [0.1, 0.15) is 36.8 Å². The first-order chi connectivity index (χ1) is 11.4. The molecule has 2 aliphatic rings. The number of rotatable bonds is 2. The minimum atomic E-state index is 0.327. The highest BCUT2D eigenvalue weighted by Crippen LogP contribution is 2.39. The summed E-state index contributed by atoms with van der Waals surface area (Å²) in [5.74, 6) is 0. The van der Waals surface area contributed by atoms with Gasteiger partial charge in [-0.3, -0.25) is 4.90 Å². The van der Waals surface area contributed by atoms with Crippen LogP contribution in [-0.2, 0) is 13.0 Å². The summed E-state index contributed by atoms with van der Waals surface area (Å²) in [5, 5.41) is 3.65. The van der Waals surface area contributed by atoms with Crippen molar-refractivity contribution in [3.63, 3.8) is 0 Å². The highest BCUT2D eigenvalue weighted by atomic mass is 15.2. The van der Waals surface area contributed by atoms with Crippen LogP contribution in [0.4, 0.5) is 5.69 Å². The Kier molecular flexibility index (Phi) is 4.09. The van der Waals surface area contributed by atoms with Crippen molar-refractivity contribution < 1.29 is 0 Å². The Balaban J connectivity index is 1.63. The molecule has 0 radical (unpaired) electrons. The van der Waals surface area contributed by atoms with Crippen LogP contribution in [0.2, 0.25) is 0 Å². The lowest BCUT2D eigenvalue weighted by Crippen LogP contribution is -2.53. The molecule has 0 saturated carbocycles. The Bertz CT molecular complexity index is 652. The molecule has 1 saturated heterocycles. The lowest BCUT2D eigenvalue weighted by molar-refractivity contribution is 0.0350. The molecule has 0 aliphatic carbocycles. The summed E-state index contributed by atoms with van der Waals surface area (Å²) in [6.07, 6.45) is 6.46. The van der Waals surface area contributed by atoms with Crippen molar-refractivity contribution in [1.82, 2.24) is 4.90 Å². The third-order valence-electron chi connectivity index (χ3n) is 5.65. The van der Waals surface area contributed by atoms with Gasteiger partial charge in [0, 0.05) is 24.3 Å². The van der Waals surface area contributed by atoms with E-state index in [-0.39, 0.29) is 0 Å². The van der Waals surface area contributed by atoms with Crippen molar-refractivity contribution in [1.29, 1.82) is 0 Å². The zero-order chi connectivity index (χ0) is 15.5. The van der Waals surface area contributed by atoms with Gasteiger partial charge in [-0.1, -0.05) is 55.0 Å². The number of benzene rings is 2. The predicted octanol–water partition coefficient (Wildman–Crippen LogP) is 4.47. The number of nitrogens with one attached hydrogen (secondary N) is 1. The van der Waals surface area contributed by atoms with Gasteiger partial charge in [-0.25, -0.2) is 0 Å². The van der Waals surface area contributed by atoms with E-state index in [2.05, 4.69) is 64.8 Å². The van der Waals surface area contributed by atoms with Crippen molar-refractivity contribution >= 4 is 5.69 Å². The monoisotopic (exact) mass is 306 g/mol. The second kappa shape index (κ2) is 6.37. The summed E-state index contributed by atoms with van der Waals surface area (Å²) < 4.78 is 0. The van der Waals surface area contributed by atoms with Gasteiger partial charge in [0.2, 0.25) is 0 Å². The fraction of sp³-hybridized carbons (Fsp3) is 0.429. The molecule has 2 aliphatic heterocycles. The van der Waals surface area contributed by atoms with Crippen LogP contribution in [-0.4, -0.2) is 23.5 Å². The third-order valence-corrected chi connectivity index (χ3v) is 5.65. The first kappa shape index (κ1) is 14.8. The van der Waals surface area contributed by atoms with E-state index in [1.807, 2.05) is 0 Å². The first-order valence-electron chi connectivity index (χ1n) is 8.97. The highest BCUT2D eigenvalue weighted by molar-refractivity contribution is 5.52. The van der Waals surface area contributed by atoms with E-state index in [0.717, 1.165) is 13.1 Å². The average Bonchev–Trinajstić information content (AvgIpc) is 2.78. The van der Waals surface area contributed by atoms with Crippen molar-refractivity contribution in [3.8, 4) is 0 Å². The number of fused-ring (bicyclic) bond motifs is 1. The van der Waals surface area contributed by atoms with Crippen LogP contribution in [0.25, 0.3) is 0 Å². The quantitative estimate of drug-likeness (QED) is 0.880. The van der Waals surface area contributed by atoms with E-state index >= 15 is 0 Å². The summed E-state index contributed by atoms with van der Waals surface area (Å²) in [6.45, 7) is 3.41. The number of para-hydroxylation sites is 1. The minimum Gasteiger partial charge on any atom is -0.385 e. The number of likely N-dealkylation sites (tertiary alicyclic amines) is 1. The molecule has 0 aromatic heterocycles. The molecule has 2 aromatic carbocycles. The van der Waals surface area contributed by atoms with Crippen LogP contribution in [0, 0.1) is 0 Å². The van der Waals surface area contributed by atoms with Gasteiger partial charge in [-0.15, -0.1) is 0 Å². The zero-order valence-electron chi connectivity index (χ0n) is 13.8.